The van der Waals surface area contributed by atoms with Gasteiger partial charge in [0.25, 0.3) is 0 Å². The van der Waals surface area contributed by atoms with Gasteiger partial charge in [-0.15, -0.1) is 0 Å². The van der Waals surface area contributed by atoms with Crippen LogP contribution < -0.4 is 0 Å². The van der Waals surface area contributed by atoms with Crippen molar-refractivity contribution in [3.05, 3.63) is 0 Å². The van der Waals surface area contributed by atoms with E-state index in [1.54, 1.807) is 0 Å². The van der Waals surface area contributed by atoms with E-state index in [1.807, 2.05) is 21.6 Å². The minimum Gasteiger partial charge on any atom is -0.393 e. The third-order valence-corrected chi connectivity index (χ3v) is 12.7. The minimum absolute atomic E-state index is 0.0439. The molecule has 0 radical (unpaired) electrons. The highest BCUT2D eigenvalue weighted by molar-refractivity contribution is 8.76. The third kappa shape index (κ3) is 2.49. The topological polar surface area (TPSA) is 38.7 Å². The Morgan fingerprint density at radius 2 is 1.54 bits per heavy atom. The van der Waals surface area contributed by atoms with Crippen LogP contribution >= 0.6 is 21.6 Å². The molecule has 0 amide bonds. The lowest BCUT2D eigenvalue weighted by Crippen LogP contribution is -2.57. The molecular formula is C23H36O3S2. The Kier molecular flexibility index (Phi) is 4.50. The molecule has 0 aromatic carbocycles. The molecule has 0 aromatic heterocycles. The zero-order valence-corrected chi connectivity index (χ0v) is 19.0. The van der Waals surface area contributed by atoms with Gasteiger partial charge in [-0.05, 0) is 80.5 Å². The number of hydrogen-bond donors (Lipinski definition) is 1. The van der Waals surface area contributed by atoms with Gasteiger partial charge in [0.2, 0.25) is 0 Å². The molecule has 28 heavy (non-hydrogen) atoms. The molecule has 0 aromatic rings. The number of hydrogen-bond acceptors (Lipinski definition) is 5. The van der Waals surface area contributed by atoms with Gasteiger partial charge in [0, 0.05) is 23.3 Å². The molecule has 6 fully saturated rings. The lowest BCUT2D eigenvalue weighted by molar-refractivity contribution is -0.257. The van der Waals surface area contributed by atoms with E-state index in [4.69, 9.17) is 9.47 Å². The fourth-order valence-electron chi connectivity index (χ4n) is 8.76. The molecule has 158 valence electrons. The SMILES string of the molecule is CC12CCC(O)CC1CCC1C2CCC2(C)C1CCC21OC2CSSCC2O1. The highest BCUT2D eigenvalue weighted by Gasteiger charge is 2.69. The Morgan fingerprint density at radius 3 is 2.29 bits per heavy atom. The summed E-state index contributed by atoms with van der Waals surface area (Å²) in [5, 5.41) is 10.3. The molecule has 5 heteroatoms. The van der Waals surface area contributed by atoms with Gasteiger partial charge in [0.05, 0.1) is 18.3 Å². The Labute approximate surface area is 177 Å². The monoisotopic (exact) mass is 424 g/mol. The summed E-state index contributed by atoms with van der Waals surface area (Å²) in [7, 11) is 3.93. The van der Waals surface area contributed by atoms with Crippen LogP contribution in [0, 0.1) is 34.5 Å². The summed E-state index contributed by atoms with van der Waals surface area (Å²) in [5.74, 6) is 5.07. The molecule has 6 rings (SSSR count). The van der Waals surface area contributed by atoms with Crippen molar-refractivity contribution in [2.45, 2.75) is 95.7 Å². The second-order valence-electron chi connectivity index (χ2n) is 11.2. The summed E-state index contributed by atoms with van der Waals surface area (Å²) in [4.78, 5) is 0. The normalized spacial score (nSPS) is 60.8. The molecule has 3 nitrogen and oxygen atoms in total. The van der Waals surface area contributed by atoms with Crippen LogP contribution in [0.2, 0.25) is 0 Å². The zero-order valence-electron chi connectivity index (χ0n) is 17.4. The molecule has 9 unspecified atom stereocenters. The average molecular weight is 425 g/mol. The molecule has 4 saturated carbocycles. The van der Waals surface area contributed by atoms with Crippen LogP contribution in [0.3, 0.4) is 0 Å². The summed E-state index contributed by atoms with van der Waals surface area (Å²) in [6, 6.07) is 0. The predicted octanol–water partition coefficient (Wildman–Crippen LogP) is 5.27. The maximum absolute atomic E-state index is 10.3. The van der Waals surface area contributed by atoms with E-state index in [1.165, 1.54) is 38.5 Å². The van der Waals surface area contributed by atoms with Crippen molar-refractivity contribution in [1.29, 1.82) is 0 Å². The first-order chi connectivity index (χ1) is 13.5. The molecule has 1 N–H and O–H groups in total. The van der Waals surface area contributed by atoms with E-state index < -0.39 is 0 Å². The number of aliphatic hydroxyl groups is 1. The fraction of sp³-hybridized carbons (Fsp3) is 1.00. The van der Waals surface area contributed by atoms with Gasteiger partial charge in [0.15, 0.2) is 5.79 Å². The van der Waals surface area contributed by atoms with Crippen molar-refractivity contribution < 1.29 is 14.6 Å². The molecule has 4 aliphatic carbocycles. The number of rotatable bonds is 0. The number of ether oxygens (including phenoxy) is 2. The molecule has 1 spiro atoms. The first kappa shape index (κ1) is 19.3. The second-order valence-corrected chi connectivity index (χ2v) is 13.8. The minimum atomic E-state index is -0.302. The standard InChI is InChI=1S/C23H36O3S2/c1-21-8-5-15(24)11-14(21)3-4-16-17(21)6-9-22(2)18(16)7-10-23(22)25-19-12-27-28-13-20(19)26-23/h14-20,24H,3-13H2,1-2H3. The largest absolute Gasteiger partial charge is 0.393 e. The summed E-state index contributed by atoms with van der Waals surface area (Å²) in [6.07, 6.45) is 11.6. The molecule has 6 aliphatic rings. The van der Waals surface area contributed by atoms with E-state index in [0.717, 1.165) is 54.4 Å². The van der Waals surface area contributed by atoms with Gasteiger partial charge in [-0.3, -0.25) is 0 Å². The molecule has 9 atom stereocenters. The maximum atomic E-state index is 10.3. The Hall–Kier alpha value is 0.580. The highest BCUT2D eigenvalue weighted by atomic mass is 33.1. The van der Waals surface area contributed by atoms with Crippen LogP contribution in [0.5, 0.6) is 0 Å². The fourth-order valence-corrected chi connectivity index (χ4v) is 11.2. The first-order valence-corrected chi connectivity index (χ1v) is 14.2. The van der Waals surface area contributed by atoms with Crippen molar-refractivity contribution in [1.82, 2.24) is 0 Å². The smallest absolute Gasteiger partial charge is 0.174 e. The van der Waals surface area contributed by atoms with Crippen molar-refractivity contribution >= 4 is 21.6 Å². The van der Waals surface area contributed by atoms with E-state index >= 15 is 0 Å². The predicted molar refractivity (Wildman–Crippen MR) is 115 cm³/mol. The lowest BCUT2D eigenvalue weighted by Gasteiger charge is -2.61. The van der Waals surface area contributed by atoms with Gasteiger partial charge in [-0.2, -0.15) is 0 Å². The van der Waals surface area contributed by atoms with Gasteiger partial charge >= 0.3 is 0 Å². The van der Waals surface area contributed by atoms with Crippen LogP contribution in [-0.4, -0.2) is 40.7 Å². The van der Waals surface area contributed by atoms with Gasteiger partial charge in [0.1, 0.15) is 0 Å². The Bertz CT molecular complexity index is 629. The summed E-state index contributed by atoms with van der Waals surface area (Å²) < 4.78 is 13.6. The Morgan fingerprint density at radius 1 is 0.821 bits per heavy atom. The second kappa shape index (κ2) is 6.54. The molecule has 2 saturated heterocycles. The van der Waals surface area contributed by atoms with Gasteiger partial charge in [-0.1, -0.05) is 35.4 Å². The molecule has 0 bridgehead atoms. The highest BCUT2D eigenvalue weighted by Crippen LogP contribution is 2.70. The number of fused-ring (bicyclic) bond motifs is 7. The maximum Gasteiger partial charge on any atom is 0.174 e. The quantitative estimate of drug-likeness (QED) is 0.537. The van der Waals surface area contributed by atoms with E-state index in [9.17, 15) is 5.11 Å². The van der Waals surface area contributed by atoms with Crippen molar-refractivity contribution in [3.8, 4) is 0 Å². The van der Waals surface area contributed by atoms with Crippen molar-refractivity contribution in [2.24, 2.45) is 34.5 Å². The van der Waals surface area contributed by atoms with Gasteiger partial charge < -0.3 is 14.6 Å². The Balaban J connectivity index is 1.28. The summed E-state index contributed by atoms with van der Waals surface area (Å²) in [6.45, 7) is 5.11. The average Bonchev–Trinajstić information content (AvgIpc) is 3.20. The molecule has 2 aliphatic heterocycles. The van der Waals surface area contributed by atoms with E-state index in [0.29, 0.717) is 17.6 Å². The summed E-state index contributed by atoms with van der Waals surface area (Å²) >= 11 is 0. The van der Waals surface area contributed by atoms with E-state index in [2.05, 4.69) is 13.8 Å². The van der Waals surface area contributed by atoms with Gasteiger partial charge in [-0.25, -0.2) is 0 Å². The lowest BCUT2D eigenvalue weighted by atomic mass is 9.45. The van der Waals surface area contributed by atoms with Crippen molar-refractivity contribution in [3.63, 3.8) is 0 Å². The molecular weight excluding hydrogens is 388 g/mol. The van der Waals surface area contributed by atoms with Crippen LogP contribution in [-0.2, 0) is 9.47 Å². The van der Waals surface area contributed by atoms with Crippen LogP contribution in [0.25, 0.3) is 0 Å². The third-order valence-electron chi connectivity index (χ3n) is 10.3. The van der Waals surface area contributed by atoms with Crippen LogP contribution in [0.1, 0.15) is 71.6 Å². The molecule has 2 heterocycles. The van der Waals surface area contributed by atoms with Crippen LogP contribution in [0.15, 0.2) is 0 Å². The first-order valence-electron chi connectivity index (χ1n) is 11.7. The van der Waals surface area contributed by atoms with E-state index in [-0.39, 0.29) is 17.3 Å². The number of aliphatic hydroxyl groups excluding tert-OH is 1. The van der Waals surface area contributed by atoms with Crippen molar-refractivity contribution in [2.75, 3.05) is 11.5 Å². The zero-order chi connectivity index (χ0) is 19.1. The summed E-state index contributed by atoms with van der Waals surface area (Å²) in [5.41, 5.74) is 0.649. The van der Waals surface area contributed by atoms with Crippen LogP contribution in [0.4, 0.5) is 0 Å².